The van der Waals surface area contributed by atoms with Crippen LogP contribution in [0, 0.1) is 10.1 Å². The molecule has 1 atom stereocenters. The summed E-state index contributed by atoms with van der Waals surface area (Å²) in [7, 11) is 1.53. The molecule has 1 aliphatic heterocycles. The smallest absolute Gasteiger partial charge is 0.292 e. The van der Waals surface area contributed by atoms with Crippen molar-refractivity contribution in [3.05, 3.63) is 28.3 Å². The molecule has 6 nitrogen and oxygen atoms in total. The van der Waals surface area contributed by atoms with E-state index in [0.717, 1.165) is 6.42 Å². The lowest BCUT2D eigenvalue weighted by atomic mass is 10.0. The second-order valence-electron chi connectivity index (χ2n) is 4.63. The molecule has 1 aromatic rings. The van der Waals surface area contributed by atoms with Crippen LogP contribution in [0.25, 0.3) is 0 Å². The van der Waals surface area contributed by atoms with E-state index in [1.54, 1.807) is 12.1 Å². The van der Waals surface area contributed by atoms with Crippen molar-refractivity contribution in [1.82, 2.24) is 0 Å². The Hall–Kier alpha value is -1.82. The number of nitro benzene ring substituents is 1. The number of hydrogen-bond acceptors (Lipinski definition) is 5. The molecular weight excluding hydrogens is 236 g/mol. The number of nitrogens with one attached hydrogen (secondary N) is 1. The molecular formula is C12H16N2O4. The van der Waals surface area contributed by atoms with Gasteiger partial charge in [0, 0.05) is 18.7 Å². The molecule has 0 bridgehead atoms. The van der Waals surface area contributed by atoms with Crippen molar-refractivity contribution in [3.63, 3.8) is 0 Å². The van der Waals surface area contributed by atoms with Crippen LogP contribution in [-0.2, 0) is 4.74 Å². The van der Waals surface area contributed by atoms with Crippen LogP contribution >= 0.6 is 0 Å². The number of nitrogens with zero attached hydrogens (tertiary/aromatic N) is 1. The van der Waals surface area contributed by atoms with Gasteiger partial charge in [-0.3, -0.25) is 10.1 Å². The fourth-order valence-electron chi connectivity index (χ4n) is 1.99. The Kier molecular flexibility index (Phi) is 3.38. The van der Waals surface area contributed by atoms with Gasteiger partial charge in [-0.15, -0.1) is 0 Å². The highest BCUT2D eigenvalue weighted by Gasteiger charge is 2.31. The molecule has 98 valence electrons. The molecule has 0 aromatic heterocycles. The Morgan fingerprint density at radius 1 is 1.56 bits per heavy atom. The van der Waals surface area contributed by atoms with Crippen LogP contribution in [0.2, 0.25) is 0 Å². The predicted octanol–water partition coefficient (Wildman–Crippen LogP) is 2.19. The van der Waals surface area contributed by atoms with Gasteiger partial charge in [0.1, 0.15) is 11.4 Å². The third-order valence-electron chi connectivity index (χ3n) is 3.06. The maximum atomic E-state index is 11.0. The second-order valence-corrected chi connectivity index (χ2v) is 4.63. The number of methoxy groups -OCH3 is 1. The van der Waals surface area contributed by atoms with Crippen LogP contribution in [0.1, 0.15) is 13.3 Å². The summed E-state index contributed by atoms with van der Waals surface area (Å²) in [5.41, 5.74) is 0.244. The van der Waals surface area contributed by atoms with Gasteiger partial charge in [0.25, 0.3) is 5.69 Å². The molecule has 0 saturated carbocycles. The van der Waals surface area contributed by atoms with E-state index >= 15 is 0 Å². The van der Waals surface area contributed by atoms with Crippen molar-refractivity contribution in [1.29, 1.82) is 0 Å². The van der Waals surface area contributed by atoms with Gasteiger partial charge in [-0.05, 0) is 19.4 Å². The van der Waals surface area contributed by atoms with Crippen molar-refractivity contribution in [2.75, 3.05) is 25.6 Å². The van der Waals surface area contributed by atoms with Crippen molar-refractivity contribution in [3.8, 4) is 5.75 Å². The Labute approximate surface area is 105 Å². The molecule has 1 aliphatic rings. The number of ether oxygens (including phenoxy) is 2. The molecule has 1 saturated heterocycles. The highest BCUT2D eigenvalue weighted by atomic mass is 16.6. The fraction of sp³-hybridized carbons (Fsp3) is 0.500. The lowest BCUT2D eigenvalue weighted by Gasteiger charge is -2.24. The van der Waals surface area contributed by atoms with Gasteiger partial charge in [0.2, 0.25) is 0 Å². The zero-order chi connectivity index (χ0) is 13.2. The third kappa shape index (κ3) is 2.53. The van der Waals surface area contributed by atoms with Crippen molar-refractivity contribution >= 4 is 11.4 Å². The van der Waals surface area contributed by atoms with Gasteiger partial charge in [-0.1, -0.05) is 0 Å². The first-order chi connectivity index (χ1) is 8.54. The summed E-state index contributed by atoms with van der Waals surface area (Å²) in [6, 6.07) is 4.67. The minimum atomic E-state index is -0.402. The molecule has 1 N–H and O–H groups in total. The summed E-state index contributed by atoms with van der Waals surface area (Å²) in [5.74, 6) is 0.589. The average Bonchev–Trinajstić information content (AvgIpc) is 2.75. The van der Waals surface area contributed by atoms with E-state index in [4.69, 9.17) is 9.47 Å². The van der Waals surface area contributed by atoms with E-state index in [2.05, 4.69) is 5.32 Å². The molecule has 2 rings (SSSR count). The van der Waals surface area contributed by atoms with E-state index in [1.807, 2.05) is 6.92 Å². The molecule has 0 spiro atoms. The number of hydrogen-bond donors (Lipinski definition) is 1. The molecule has 6 heteroatoms. The van der Waals surface area contributed by atoms with E-state index < -0.39 is 4.92 Å². The van der Waals surface area contributed by atoms with Crippen LogP contribution in [0.15, 0.2) is 18.2 Å². The number of anilines is 1. The monoisotopic (exact) mass is 252 g/mol. The van der Waals surface area contributed by atoms with Crippen LogP contribution < -0.4 is 10.1 Å². The van der Waals surface area contributed by atoms with Gasteiger partial charge in [0.05, 0.1) is 24.2 Å². The standard InChI is InChI=1S/C12H16N2O4/c1-12(5-6-18-8-12)13-10-7-9(17-2)3-4-11(10)14(15)16/h3-4,7,13H,5-6,8H2,1-2H3. The predicted molar refractivity (Wildman–Crippen MR) is 67.1 cm³/mol. The topological polar surface area (TPSA) is 73.6 Å². The van der Waals surface area contributed by atoms with Crippen molar-refractivity contribution in [2.24, 2.45) is 0 Å². The Bertz CT molecular complexity index is 455. The maximum absolute atomic E-state index is 11.0. The fourth-order valence-corrected chi connectivity index (χ4v) is 1.99. The summed E-state index contributed by atoms with van der Waals surface area (Å²) in [6.45, 7) is 3.20. The summed E-state index contributed by atoms with van der Waals surface area (Å²) < 4.78 is 10.4. The molecule has 1 unspecified atom stereocenters. The van der Waals surface area contributed by atoms with Gasteiger partial charge in [-0.25, -0.2) is 0 Å². The largest absolute Gasteiger partial charge is 0.497 e. The van der Waals surface area contributed by atoms with Crippen LogP contribution in [-0.4, -0.2) is 30.8 Å². The average molecular weight is 252 g/mol. The molecule has 1 aromatic carbocycles. The van der Waals surface area contributed by atoms with Gasteiger partial charge in [0.15, 0.2) is 0 Å². The normalized spacial score (nSPS) is 22.8. The number of rotatable bonds is 4. The van der Waals surface area contributed by atoms with Gasteiger partial charge >= 0.3 is 0 Å². The van der Waals surface area contributed by atoms with Crippen LogP contribution in [0.5, 0.6) is 5.75 Å². The molecule has 1 fully saturated rings. The van der Waals surface area contributed by atoms with Crippen LogP contribution in [0.4, 0.5) is 11.4 Å². The molecule has 1 heterocycles. The summed E-state index contributed by atoms with van der Waals surface area (Å²) >= 11 is 0. The highest BCUT2D eigenvalue weighted by Crippen LogP contribution is 2.33. The second kappa shape index (κ2) is 4.81. The zero-order valence-corrected chi connectivity index (χ0v) is 10.4. The zero-order valence-electron chi connectivity index (χ0n) is 10.4. The van der Waals surface area contributed by atoms with Gasteiger partial charge in [-0.2, -0.15) is 0 Å². The summed E-state index contributed by atoms with van der Waals surface area (Å²) in [6.07, 6.45) is 0.821. The highest BCUT2D eigenvalue weighted by molar-refractivity contribution is 5.65. The Morgan fingerprint density at radius 3 is 2.89 bits per heavy atom. The van der Waals surface area contributed by atoms with Gasteiger partial charge < -0.3 is 14.8 Å². The third-order valence-corrected chi connectivity index (χ3v) is 3.06. The quantitative estimate of drug-likeness (QED) is 0.656. The van der Waals surface area contributed by atoms with E-state index in [0.29, 0.717) is 24.7 Å². The first-order valence-electron chi connectivity index (χ1n) is 5.72. The van der Waals surface area contributed by atoms with Crippen molar-refractivity contribution in [2.45, 2.75) is 18.9 Å². The maximum Gasteiger partial charge on any atom is 0.292 e. The van der Waals surface area contributed by atoms with E-state index in [9.17, 15) is 10.1 Å². The first kappa shape index (κ1) is 12.6. The lowest BCUT2D eigenvalue weighted by Crippen LogP contribution is -2.35. The van der Waals surface area contributed by atoms with E-state index in [-0.39, 0.29) is 11.2 Å². The summed E-state index contributed by atoms with van der Waals surface area (Å²) in [4.78, 5) is 10.6. The first-order valence-corrected chi connectivity index (χ1v) is 5.72. The Balaban J connectivity index is 2.31. The molecule has 18 heavy (non-hydrogen) atoms. The molecule has 0 aliphatic carbocycles. The van der Waals surface area contributed by atoms with Crippen molar-refractivity contribution < 1.29 is 14.4 Å². The SMILES string of the molecule is COc1ccc([N+](=O)[O-])c(NC2(C)CCOC2)c1. The number of benzene rings is 1. The number of nitro groups is 1. The minimum Gasteiger partial charge on any atom is -0.497 e. The van der Waals surface area contributed by atoms with E-state index in [1.165, 1.54) is 13.2 Å². The molecule has 0 radical (unpaired) electrons. The minimum absolute atomic E-state index is 0.0453. The molecule has 0 amide bonds. The van der Waals surface area contributed by atoms with Crippen LogP contribution in [0.3, 0.4) is 0 Å². The summed E-state index contributed by atoms with van der Waals surface area (Å²) in [5, 5.41) is 14.2. The Morgan fingerprint density at radius 2 is 2.33 bits per heavy atom. The lowest BCUT2D eigenvalue weighted by molar-refractivity contribution is -0.384.